The Kier molecular flexibility index (Phi) is 8.24. The van der Waals surface area contributed by atoms with E-state index < -0.39 is 6.10 Å². The second-order valence-corrected chi connectivity index (χ2v) is 2.06. The van der Waals surface area contributed by atoms with E-state index in [1.54, 1.807) is 0 Å². The number of rotatable bonds is 4. The fourth-order valence-electron chi connectivity index (χ4n) is 0.514. The first-order chi connectivity index (χ1) is 4.18. The Morgan fingerprint density at radius 2 is 2.20 bits per heavy atom. The average Bonchev–Trinajstić information content (AvgIpc) is 1.82. The van der Waals surface area contributed by atoms with Crippen LogP contribution in [0.1, 0.15) is 27.2 Å². The molecule has 3 nitrogen and oxygen atoms in total. The van der Waals surface area contributed by atoms with E-state index in [-0.39, 0.29) is 13.2 Å². The van der Waals surface area contributed by atoms with E-state index in [9.17, 15) is 4.79 Å². The summed E-state index contributed by atoms with van der Waals surface area (Å²) in [6.07, 6.45) is 0.403. The van der Waals surface area contributed by atoms with Crippen LogP contribution in [-0.4, -0.2) is 23.5 Å². The third-order valence-corrected chi connectivity index (χ3v) is 1.15. The number of hydrogen-bond donors (Lipinski definition) is 2. The van der Waals surface area contributed by atoms with Crippen LogP contribution < -0.4 is 5.73 Å². The number of aliphatic hydroxyl groups is 1. The SMILES string of the molecule is C.CC(=O)C(O)CCCN. The van der Waals surface area contributed by atoms with Crippen molar-refractivity contribution in [2.24, 2.45) is 5.73 Å². The van der Waals surface area contributed by atoms with Crippen molar-refractivity contribution in [3.63, 3.8) is 0 Å². The molecule has 0 amide bonds. The van der Waals surface area contributed by atoms with Crippen molar-refractivity contribution in [2.75, 3.05) is 6.54 Å². The van der Waals surface area contributed by atoms with E-state index >= 15 is 0 Å². The molecule has 0 aliphatic carbocycles. The molecular weight excluding hydrogens is 130 g/mol. The quantitative estimate of drug-likeness (QED) is 0.601. The molecule has 0 aliphatic heterocycles. The second-order valence-electron chi connectivity index (χ2n) is 2.06. The van der Waals surface area contributed by atoms with Crippen molar-refractivity contribution >= 4 is 5.78 Å². The Morgan fingerprint density at radius 3 is 2.50 bits per heavy atom. The minimum atomic E-state index is -0.798. The van der Waals surface area contributed by atoms with Crippen LogP contribution in [0.3, 0.4) is 0 Å². The van der Waals surface area contributed by atoms with Crippen molar-refractivity contribution in [3.05, 3.63) is 0 Å². The minimum absolute atomic E-state index is 0. The van der Waals surface area contributed by atoms with Gasteiger partial charge >= 0.3 is 0 Å². The molecule has 1 atom stereocenters. The molecule has 0 aromatic rings. The number of hydrogen-bond acceptors (Lipinski definition) is 3. The summed E-state index contributed by atoms with van der Waals surface area (Å²) in [5.74, 6) is -0.177. The standard InChI is InChI=1S/C6H13NO2.CH4/c1-5(8)6(9)3-2-4-7;/h6,9H,2-4,7H2,1H3;1H4. The molecule has 0 saturated carbocycles. The van der Waals surface area contributed by atoms with Gasteiger partial charge in [-0.2, -0.15) is 0 Å². The molecule has 0 spiro atoms. The van der Waals surface area contributed by atoms with Crippen LogP contribution in [0.4, 0.5) is 0 Å². The van der Waals surface area contributed by atoms with E-state index in [0.29, 0.717) is 19.4 Å². The van der Waals surface area contributed by atoms with E-state index in [1.165, 1.54) is 6.92 Å². The molecule has 3 N–H and O–H groups in total. The van der Waals surface area contributed by atoms with Gasteiger partial charge in [-0.25, -0.2) is 0 Å². The fourth-order valence-corrected chi connectivity index (χ4v) is 0.514. The van der Waals surface area contributed by atoms with E-state index in [0.717, 1.165) is 0 Å². The lowest BCUT2D eigenvalue weighted by atomic mass is 10.1. The van der Waals surface area contributed by atoms with Crippen molar-refractivity contribution in [1.29, 1.82) is 0 Å². The zero-order valence-corrected chi connectivity index (χ0v) is 5.63. The second kappa shape index (κ2) is 6.71. The van der Waals surface area contributed by atoms with Crippen molar-refractivity contribution in [2.45, 2.75) is 33.3 Å². The number of carbonyl (C=O) groups is 1. The molecule has 0 radical (unpaired) electrons. The maximum absolute atomic E-state index is 10.4. The highest BCUT2D eigenvalue weighted by atomic mass is 16.3. The number of aliphatic hydroxyl groups excluding tert-OH is 1. The van der Waals surface area contributed by atoms with Crippen LogP contribution in [-0.2, 0) is 4.79 Å². The summed E-state index contributed by atoms with van der Waals surface area (Å²) < 4.78 is 0. The van der Waals surface area contributed by atoms with Crippen molar-refractivity contribution < 1.29 is 9.90 Å². The van der Waals surface area contributed by atoms with Gasteiger partial charge in [0, 0.05) is 0 Å². The number of ketones is 1. The Morgan fingerprint density at radius 1 is 1.70 bits per heavy atom. The molecule has 0 aliphatic rings. The maximum atomic E-state index is 10.4. The van der Waals surface area contributed by atoms with Gasteiger partial charge in [-0.15, -0.1) is 0 Å². The Hall–Kier alpha value is -0.410. The lowest BCUT2D eigenvalue weighted by Crippen LogP contribution is -2.17. The van der Waals surface area contributed by atoms with Crippen LogP contribution in [0.25, 0.3) is 0 Å². The summed E-state index contributed by atoms with van der Waals surface area (Å²) in [6.45, 7) is 1.91. The first-order valence-electron chi connectivity index (χ1n) is 3.07. The predicted molar refractivity (Wildman–Crippen MR) is 41.7 cm³/mol. The number of carbonyl (C=O) groups excluding carboxylic acids is 1. The number of Topliss-reactive ketones (excluding diaryl/α,β-unsaturated/α-hetero) is 1. The highest BCUT2D eigenvalue weighted by Crippen LogP contribution is 1.95. The molecule has 0 fully saturated rings. The summed E-state index contributed by atoms with van der Waals surface area (Å²) in [7, 11) is 0. The first-order valence-corrected chi connectivity index (χ1v) is 3.07. The summed E-state index contributed by atoms with van der Waals surface area (Å²) in [4.78, 5) is 10.4. The summed E-state index contributed by atoms with van der Waals surface area (Å²) in [6, 6.07) is 0. The molecule has 0 saturated heterocycles. The van der Waals surface area contributed by atoms with Crippen LogP contribution in [0.15, 0.2) is 0 Å². The number of nitrogens with two attached hydrogens (primary N) is 1. The molecule has 0 rings (SSSR count). The lowest BCUT2D eigenvalue weighted by molar-refractivity contribution is -0.125. The molecule has 0 aromatic heterocycles. The molecule has 0 heterocycles. The van der Waals surface area contributed by atoms with E-state index in [2.05, 4.69) is 0 Å². The highest BCUT2D eigenvalue weighted by molar-refractivity contribution is 5.79. The zero-order chi connectivity index (χ0) is 7.28. The first kappa shape index (κ1) is 12.3. The third kappa shape index (κ3) is 5.72. The molecule has 62 valence electrons. The van der Waals surface area contributed by atoms with Gasteiger partial charge in [-0.1, -0.05) is 7.43 Å². The van der Waals surface area contributed by atoms with Crippen molar-refractivity contribution in [3.8, 4) is 0 Å². The van der Waals surface area contributed by atoms with Gasteiger partial charge in [0.1, 0.15) is 6.10 Å². The Bertz CT molecular complexity index is 93.6. The van der Waals surface area contributed by atoms with E-state index in [1.807, 2.05) is 0 Å². The molecule has 10 heavy (non-hydrogen) atoms. The average molecular weight is 147 g/mol. The van der Waals surface area contributed by atoms with Gasteiger partial charge in [0.2, 0.25) is 0 Å². The largest absolute Gasteiger partial charge is 0.385 e. The van der Waals surface area contributed by atoms with Crippen LogP contribution >= 0.6 is 0 Å². The molecule has 1 unspecified atom stereocenters. The summed E-state index contributed by atoms with van der Waals surface area (Å²) in [5, 5.41) is 8.85. The van der Waals surface area contributed by atoms with Gasteiger partial charge in [-0.05, 0) is 26.3 Å². The molecule has 0 bridgehead atoms. The fraction of sp³-hybridized carbons (Fsp3) is 0.857. The summed E-state index contributed by atoms with van der Waals surface area (Å²) in [5.41, 5.74) is 5.15. The zero-order valence-electron chi connectivity index (χ0n) is 5.63. The maximum Gasteiger partial charge on any atom is 0.158 e. The normalized spacial score (nSPS) is 11.9. The van der Waals surface area contributed by atoms with Crippen LogP contribution in [0.5, 0.6) is 0 Å². The van der Waals surface area contributed by atoms with Crippen LogP contribution in [0.2, 0.25) is 0 Å². The van der Waals surface area contributed by atoms with Crippen molar-refractivity contribution in [1.82, 2.24) is 0 Å². The molecule has 3 heteroatoms. The topological polar surface area (TPSA) is 63.3 Å². The van der Waals surface area contributed by atoms with Gasteiger partial charge in [0.15, 0.2) is 5.78 Å². The highest BCUT2D eigenvalue weighted by Gasteiger charge is 2.06. The van der Waals surface area contributed by atoms with Gasteiger partial charge in [0.05, 0.1) is 0 Å². The Labute approximate surface area is 62.2 Å². The summed E-state index contributed by atoms with van der Waals surface area (Å²) >= 11 is 0. The lowest BCUT2D eigenvalue weighted by Gasteiger charge is -2.02. The van der Waals surface area contributed by atoms with Gasteiger partial charge in [0.25, 0.3) is 0 Å². The Balaban J connectivity index is 0. The van der Waals surface area contributed by atoms with Gasteiger partial charge < -0.3 is 10.8 Å². The molecular formula is C7H17NO2. The smallest absolute Gasteiger partial charge is 0.158 e. The third-order valence-electron chi connectivity index (χ3n) is 1.15. The predicted octanol–water partition coefficient (Wildman–Crippen LogP) is 0.311. The van der Waals surface area contributed by atoms with Gasteiger partial charge in [-0.3, -0.25) is 4.79 Å². The minimum Gasteiger partial charge on any atom is -0.385 e. The monoisotopic (exact) mass is 147 g/mol. The molecule has 0 aromatic carbocycles. The van der Waals surface area contributed by atoms with E-state index in [4.69, 9.17) is 10.8 Å². The van der Waals surface area contributed by atoms with Crippen LogP contribution in [0, 0.1) is 0 Å².